The van der Waals surface area contributed by atoms with Crippen LogP contribution in [0.5, 0.6) is 0 Å². The molecule has 0 aliphatic carbocycles. The van der Waals surface area contributed by atoms with Gasteiger partial charge in [-0.25, -0.2) is 9.67 Å². The molecular formula is C14H23N5O. The molecule has 0 aromatic carbocycles. The Morgan fingerprint density at radius 3 is 2.65 bits per heavy atom. The highest BCUT2D eigenvalue weighted by atomic mass is 16.5. The van der Waals surface area contributed by atoms with Crippen molar-refractivity contribution in [2.45, 2.75) is 53.8 Å². The van der Waals surface area contributed by atoms with E-state index in [1.54, 1.807) is 6.33 Å². The molecule has 1 unspecified atom stereocenters. The molecule has 6 heteroatoms. The maximum absolute atomic E-state index is 5.21. The predicted octanol–water partition coefficient (Wildman–Crippen LogP) is 2.39. The summed E-state index contributed by atoms with van der Waals surface area (Å²) in [6, 6.07) is 0.172. The van der Waals surface area contributed by atoms with Gasteiger partial charge in [-0.05, 0) is 26.7 Å². The Hall–Kier alpha value is -1.69. The van der Waals surface area contributed by atoms with Crippen LogP contribution in [0.3, 0.4) is 0 Å². The molecule has 20 heavy (non-hydrogen) atoms. The summed E-state index contributed by atoms with van der Waals surface area (Å²) in [5.41, 5.74) is 2.06. The van der Waals surface area contributed by atoms with Gasteiger partial charge in [0.15, 0.2) is 0 Å². The van der Waals surface area contributed by atoms with Crippen LogP contribution in [0.1, 0.15) is 49.7 Å². The highest BCUT2D eigenvalue weighted by molar-refractivity contribution is 5.24. The summed E-state index contributed by atoms with van der Waals surface area (Å²) in [5.74, 6) is 2.37. The molecule has 1 N–H and O–H groups in total. The molecule has 1 atom stereocenters. The average Bonchev–Trinajstić information content (AvgIpc) is 2.93. The Kier molecular flexibility index (Phi) is 4.54. The third-order valence-electron chi connectivity index (χ3n) is 3.32. The minimum absolute atomic E-state index is 0.172. The third-order valence-corrected chi connectivity index (χ3v) is 3.32. The number of hydrogen-bond acceptors (Lipinski definition) is 5. The van der Waals surface area contributed by atoms with Crippen molar-refractivity contribution in [1.82, 2.24) is 25.2 Å². The van der Waals surface area contributed by atoms with Gasteiger partial charge in [0.1, 0.15) is 17.9 Å². The third kappa shape index (κ3) is 3.25. The van der Waals surface area contributed by atoms with Gasteiger partial charge >= 0.3 is 0 Å². The highest BCUT2D eigenvalue weighted by Crippen LogP contribution is 2.21. The number of aryl methyl sites for hydroxylation is 2. The fraction of sp³-hybridized carbons (Fsp3) is 0.643. The van der Waals surface area contributed by atoms with Gasteiger partial charge in [0.2, 0.25) is 0 Å². The first-order valence-electron chi connectivity index (χ1n) is 7.01. The van der Waals surface area contributed by atoms with Gasteiger partial charge in [0, 0.05) is 18.2 Å². The van der Waals surface area contributed by atoms with Crippen LogP contribution in [-0.2, 0) is 13.1 Å². The van der Waals surface area contributed by atoms with Crippen LogP contribution >= 0.6 is 0 Å². The van der Waals surface area contributed by atoms with E-state index in [2.05, 4.69) is 41.3 Å². The van der Waals surface area contributed by atoms with Crippen LogP contribution in [0.15, 0.2) is 10.9 Å². The van der Waals surface area contributed by atoms with E-state index in [9.17, 15) is 0 Å². The number of nitrogens with one attached hydrogen (secondary N) is 1. The minimum Gasteiger partial charge on any atom is -0.361 e. The van der Waals surface area contributed by atoms with Crippen LogP contribution in [-0.4, -0.2) is 19.9 Å². The van der Waals surface area contributed by atoms with Crippen molar-refractivity contribution in [2.75, 3.05) is 0 Å². The van der Waals surface area contributed by atoms with E-state index in [-0.39, 0.29) is 6.04 Å². The zero-order valence-electron chi connectivity index (χ0n) is 12.8. The van der Waals surface area contributed by atoms with Crippen molar-refractivity contribution in [3.8, 4) is 0 Å². The molecule has 2 aromatic rings. The molecule has 0 saturated heterocycles. The molecule has 0 aliphatic heterocycles. The Balaban J connectivity index is 2.00. The quantitative estimate of drug-likeness (QED) is 0.878. The molecule has 110 valence electrons. The second kappa shape index (κ2) is 6.17. The second-order valence-electron chi connectivity index (χ2n) is 5.59. The molecule has 0 spiro atoms. The van der Waals surface area contributed by atoms with Gasteiger partial charge in [-0.1, -0.05) is 19.0 Å². The fourth-order valence-electron chi connectivity index (χ4n) is 2.38. The summed E-state index contributed by atoms with van der Waals surface area (Å²) in [7, 11) is 0. The molecule has 0 radical (unpaired) electrons. The van der Waals surface area contributed by atoms with E-state index in [4.69, 9.17) is 4.52 Å². The molecule has 0 aliphatic rings. The van der Waals surface area contributed by atoms with Crippen molar-refractivity contribution in [2.24, 2.45) is 5.92 Å². The van der Waals surface area contributed by atoms with Crippen molar-refractivity contribution >= 4 is 0 Å². The molecule has 2 heterocycles. The maximum atomic E-state index is 5.21. The second-order valence-corrected chi connectivity index (χ2v) is 5.59. The summed E-state index contributed by atoms with van der Waals surface area (Å²) in [6.07, 6.45) is 1.61. The summed E-state index contributed by atoms with van der Waals surface area (Å²) < 4.78 is 7.16. The number of nitrogens with zero attached hydrogens (tertiary/aromatic N) is 4. The van der Waals surface area contributed by atoms with Crippen LogP contribution in [0, 0.1) is 19.8 Å². The normalized spacial score (nSPS) is 13.1. The van der Waals surface area contributed by atoms with E-state index in [0.29, 0.717) is 12.5 Å². The lowest BCUT2D eigenvalue weighted by molar-refractivity contribution is 0.390. The van der Waals surface area contributed by atoms with Crippen LogP contribution in [0.4, 0.5) is 0 Å². The van der Waals surface area contributed by atoms with Gasteiger partial charge in [0.05, 0.1) is 12.2 Å². The molecule has 0 bridgehead atoms. The largest absolute Gasteiger partial charge is 0.361 e. The zero-order valence-corrected chi connectivity index (χ0v) is 12.8. The van der Waals surface area contributed by atoms with Gasteiger partial charge in [-0.2, -0.15) is 5.10 Å². The molecule has 0 fully saturated rings. The Morgan fingerprint density at radius 2 is 2.05 bits per heavy atom. The maximum Gasteiger partial charge on any atom is 0.140 e. The van der Waals surface area contributed by atoms with Gasteiger partial charge in [-0.15, -0.1) is 0 Å². The summed E-state index contributed by atoms with van der Waals surface area (Å²) in [6.45, 7) is 11.9. The standard InChI is InChI=1S/C14H23N5O/c1-9(2)7-19-13(16-8-17-19)6-15-10(3)14-11(4)18-20-12(14)5/h8-10,15H,6-7H2,1-5H3. The summed E-state index contributed by atoms with van der Waals surface area (Å²) in [5, 5.41) is 11.7. The first kappa shape index (κ1) is 14.7. The van der Waals surface area contributed by atoms with Crippen LogP contribution < -0.4 is 5.32 Å². The molecule has 2 aromatic heterocycles. The molecule has 2 rings (SSSR count). The smallest absolute Gasteiger partial charge is 0.140 e. The Bertz CT molecular complexity index is 538. The van der Waals surface area contributed by atoms with Crippen molar-refractivity contribution in [1.29, 1.82) is 0 Å². The van der Waals surface area contributed by atoms with Crippen molar-refractivity contribution in [3.05, 3.63) is 29.2 Å². The number of aromatic nitrogens is 4. The van der Waals surface area contributed by atoms with Crippen LogP contribution in [0.25, 0.3) is 0 Å². The minimum atomic E-state index is 0.172. The predicted molar refractivity (Wildman–Crippen MR) is 76.1 cm³/mol. The molecule has 6 nitrogen and oxygen atoms in total. The van der Waals surface area contributed by atoms with Crippen LogP contribution in [0.2, 0.25) is 0 Å². The van der Waals surface area contributed by atoms with Crippen molar-refractivity contribution < 1.29 is 4.52 Å². The highest BCUT2D eigenvalue weighted by Gasteiger charge is 2.16. The van der Waals surface area contributed by atoms with Gasteiger partial charge < -0.3 is 9.84 Å². The van der Waals surface area contributed by atoms with E-state index in [1.165, 1.54) is 0 Å². The molecule has 0 saturated carbocycles. The Labute approximate surface area is 119 Å². The zero-order chi connectivity index (χ0) is 14.7. The lowest BCUT2D eigenvalue weighted by Crippen LogP contribution is -2.22. The topological polar surface area (TPSA) is 68.8 Å². The lowest BCUT2D eigenvalue weighted by atomic mass is 10.1. The average molecular weight is 277 g/mol. The fourth-order valence-corrected chi connectivity index (χ4v) is 2.38. The van der Waals surface area contributed by atoms with E-state index in [0.717, 1.165) is 29.4 Å². The van der Waals surface area contributed by atoms with Gasteiger partial charge in [0.25, 0.3) is 0 Å². The van der Waals surface area contributed by atoms with Gasteiger partial charge in [-0.3, -0.25) is 0 Å². The first-order chi connectivity index (χ1) is 9.49. The summed E-state index contributed by atoms with van der Waals surface area (Å²) in [4.78, 5) is 4.32. The monoisotopic (exact) mass is 277 g/mol. The summed E-state index contributed by atoms with van der Waals surface area (Å²) >= 11 is 0. The number of hydrogen-bond donors (Lipinski definition) is 1. The SMILES string of the molecule is Cc1noc(C)c1C(C)NCc1ncnn1CC(C)C. The van der Waals surface area contributed by atoms with Crippen molar-refractivity contribution in [3.63, 3.8) is 0 Å². The van der Waals surface area contributed by atoms with E-state index < -0.39 is 0 Å². The molecular weight excluding hydrogens is 254 g/mol. The van der Waals surface area contributed by atoms with E-state index >= 15 is 0 Å². The lowest BCUT2D eigenvalue weighted by Gasteiger charge is -2.14. The first-order valence-corrected chi connectivity index (χ1v) is 7.01. The van der Waals surface area contributed by atoms with E-state index in [1.807, 2.05) is 18.5 Å². The molecule has 0 amide bonds. The Morgan fingerprint density at radius 1 is 1.30 bits per heavy atom. The number of rotatable bonds is 6.